The Kier molecular flexibility index (Phi) is 5.56. The molecule has 1 heterocycles. The highest BCUT2D eigenvalue weighted by Crippen LogP contribution is 2.09. The first-order valence-electron chi connectivity index (χ1n) is 7.02. The van der Waals surface area contributed by atoms with E-state index in [0.29, 0.717) is 26.2 Å². The molecule has 0 bridgehead atoms. The molecular weight excluding hydrogens is 326 g/mol. The van der Waals surface area contributed by atoms with Crippen LogP contribution in [0.2, 0.25) is 0 Å². The van der Waals surface area contributed by atoms with Gasteiger partial charge in [-0.25, -0.2) is 21.6 Å². The summed E-state index contributed by atoms with van der Waals surface area (Å²) < 4.78 is 52.2. The summed E-state index contributed by atoms with van der Waals surface area (Å²) in [5.74, 6) is -0.233. The highest BCUT2D eigenvalue weighted by atomic mass is 32.2. The lowest BCUT2D eigenvalue weighted by Gasteiger charge is -2.31. The second-order valence-corrected chi connectivity index (χ2v) is 9.08. The van der Waals surface area contributed by atoms with Crippen molar-refractivity contribution < 1.29 is 16.8 Å². The van der Waals surface area contributed by atoms with E-state index in [1.54, 1.807) is 18.2 Å². The Hall–Kier alpha value is -1.00. The standard InChI is InChI=1S/C13H21N3O4S2/c1-15-8-10-16(11-9-15)21(17,18)12-7-14-22(19,20)13-5-3-2-4-6-13/h2-6,14H,7-12H2,1H3. The van der Waals surface area contributed by atoms with Crippen molar-refractivity contribution in [1.29, 1.82) is 0 Å². The molecule has 1 saturated heterocycles. The summed E-state index contributed by atoms with van der Waals surface area (Å²) in [5.41, 5.74) is 0. The molecule has 0 saturated carbocycles. The third-order valence-corrected chi connectivity index (χ3v) is 6.91. The average molecular weight is 347 g/mol. The van der Waals surface area contributed by atoms with Crippen molar-refractivity contribution in [1.82, 2.24) is 13.9 Å². The number of sulfonamides is 2. The molecule has 1 fully saturated rings. The predicted octanol–water partition coefficient (Wildman–Crippen LogP) is -0.458. The number of rotatable bonds is 6. The Balaban J connectivity index is 1.90. The lowest BCUT2D eigenvalue weighted by molar-refractivity contribution is 0.222. The molecule has 0 atom stereocenters. The second kappa shape index (κ2) is 7.05. The van der Waals surface area contributed by atoms with Gasteiger partial charge in [-0.05, 0) is 19.2 Å². The Labute approximate surface area is 132 Å². The van der Waals surface area contributed by atoms with Crippen molar-refractivity contribution in [3.63, 3.8) is 0 Å². The third-order valence-electron chi connectivity index (χ3n) is 3.56. The summed E-state index contributed by atoms with van der Waals surface area (Å²) in [6.45, 7) is 2.14. The van der Waals surface area contributed by atoms with Crippen LogP contribution >= 0.6 is 0 Å². The van der Waals surface area contributed by atoms with E-state index in [-0.39, 0.29) is 17.2 Å². The average Bonchev–Trinajstić information content (AvgIpc) is 2.48. The molecular formula is C13H21N3O4S2. The minimum Gasteiger partial charge on any atom is -0.304 e. The zero-order chi connectivity index (χ0) is 16.2. The molecule has 124 valence electrons. The maximum atomic E-state index is 12.2. The van der Waals surface area contributed by atoms with Crippen molar-refractivity contribution in [3.8, 4) is 0 Å². The second-order valence-electron chi connectivity index (χ2n) is 5.23. The van der Waals surface area contributed by atoms with Crippen LogP contribution in [0.5, 0.6) is 0 Å². The van der Waals surface area contributed by atoms with Gasteiger partial charge in [0.1, 0.15) is 0 Å². The fourth-order valence-corrected chi connectivity index (χ4v) is 4.70. The molecule has 9 heteroatoms. The Morgan fingerprint density at radius 3 is 2.18 bits per heavy atom. The lowest BCUT2D eigenvalue weighted by Crippen LogP contribution is -2.48. The van der Waals surface area contributed by atoms with Crippen LogP contribution in [0.25, 0.3) is 0 Å². The fourth-order valence-electron chi connectivity index (χ4n) is 2.18. The molecule has 2 rings (SSSR count). The van der Waals surface area contributed by atoms with Crippen molar-refractivity contribution in [2.75, 3.05) is 45.5 Å². The lowest BCUT2D eigenvalue weighted by atomic mass is 10.4. The zero-order valence-electron chi connectivity index (χ0n) is 12.5. The molecule has 0 unspecified atom stereocenters. The SMILES string of the molecule is CN1CCN(S(=O)(=O)CCNS(=O)(=O)c2ccccc2)CC1. The minimum atomic E-state index is -3.66. The van der Waals surface area contributed by atoms with Gasteiger partial charge < -0.3 is 4.90 Å². The van der Waals surface area contributed by atoms with E-state index < -0.39 is 20.0 Å². The van der Waals surface area contributed by atoms with Crippen molar-refractivity contribution >= 4 is 20.0 Å². The Morgan fingerprint density at radius 1 is 1.00 bits per heavy atom. The van der Waals surface area contributed by atoms with Gasteiger partial charge in [-0.1, -0.05) is 18.2 Å². The highest BCUT2D eigenvalue weighted by Gasteiger charge is 2.26. The van der Waals surface area contributed by atoms with Crippen LogP contribution in [0.15, 0.2) is 35.2 Å². The van der Waals surface area contributed by atoms with E-state index in [2.05, 4.69) is 9.62 Å². The largest absolute Gasteiger partial charge is 0.304 e. The summed E-state index contributed by atoms with van der Waals surface area (Å²) in [5, 5.41) is 0. The summed E-state index contributed by atoms with van der Waals surface area (Å²) in [6.07, 6.45) is 0. The van der Waals surface area contributed by atoms with Gasteiger partial charge >= 0.3 is 0 Å². The monoisotopic (exact) mass is 347 g/mol. The van der Waals surface area contributed by atoms with Gasteiger partial charge in [0.25, 0.3) is 0 Å². The summed E-state index contributed by atoms with van der Waals surface area (Å²) in [6, 6.07) is 7.90. The number of nitrogens with one attached hydrogen (secondary N) is 1. The highest BCUT2D eigenvalue weighted by molar-refractivity contribution is 7.90. The van der Waals surface area contributed by atoms with Gasteiger partial charge in [-0.2, -0.15) is 4.31 Å². The van der Waals surface area contributed by atoms with Crippen LogP contribution in [-0.4, -0.2) is 71.6 Å². The first-order valence-corrected chi connectivity index (χ1v) is 10.1. The molecule has 0 spiro atoms. The molecule has 0 aromatic heterocycles. The number of likely N-dealkylation sites (N-methyl/N-ethyl adjacent to an activating group) is 1. The van der Waals surface area contributed by atoms with Gasteiger partial charge in [0.2, 0.25) is 20.0 Å². The molecule has 0 radical (unpaired) electrons. The van der Waals surface area contributed by atoms with Crippen LogP contribution in [0.1, 0.15) is 0 Å². The quantitative estimate of drug-likeness (QED) is 0.753. The van der Waals surface area contributed by atoms with E-state index in [0.717, 1.165) is 0 Å². The van der Waals surface area contributed by atoms with E-state index in [4.69, 9.17) is 0 Å². The van der Waals surface area contributed by atoms with E-state index >= 15 is 0 Å². The predicted molar refractivity (Wildman–Crippen MR) is 84.5 cm³/mol. The topological polar surface area (TPSA) is 86.8 Å². The van der Waals surface area contributed by atoms with Crippen LogP contribution in [0.3, 0.4) is 0 Å². The first kappa shape index (κ1) is 17.4. The maximum absolute atomic E-state index is 12.2. The number of nitrogens with zero attached hydrogens (tertiary/aromatic N) is 2. The Morgan fingerprint density at radius 2 is 1.59 bits per heavy atom. The molecule has 1 N–H and O–H groups in total. The molecule has 0 aliphatic carbocycles. The van der Waals surface area contributed by atoms with Gasteiger partial charge in [0.15, 0.2) is 0 Å². The number of piperazine rings is 1. The van der Waals surface area contributed by atoms with Gasteiger partial charge in [0.05, 0.1) is 10.6 Å². The van der Waals surface area contributed by atoms with E-state index in [1.807, 2.05) is 7.05 Å². The van der Waals surface area contributed by atoms with Gasteiger partial charge in [-0.15, -0.1) is 0 Å². The summed E-state index contributed by atoms with van der Waals surface area (Å²) >= 11 is 0. The molecule has 1 aliphatic rings. The Bertz CT molecular complexity index is 681. The van der Waals surface area contributed by atoms with Crippen molar-refractivity contribution in [2.24, 2.45) is 0 Å². The molecule has 0 amide bonds. The van der Waals surface area contributed by atoms with Crippen LogP contribution in [0.4, 0.5) is 0 Å². The number of benzene rings is 1. The number of hydrogen-bond acceptors (Lipinski definition) is 5. The van der Waals surface area contributed by atoms with Gasteiger partial charge in [0, 0.05) is 32.7 Å². The van der Waals surface area contributed by atoms with Crippen LogP contribution < -0.4 is 4.72 Å². The first-order chi connectivity index (χ1) is 10.3. The maximum Gasteiger partial charge on any atom is 0.240 e. The third kappa shape index (κ3) is 4.50. The van der Waals surface area contributed by atoms with Crippen LogP contribution in [0, 0.1) is 0 Å². The van der Waals surface area contributed by atoms with Crippen LogP contribution in [-0.2, 0) is 20.0 Å². The number of hydrogen-bond donors (Lipinski definition) is 1. The molecule has 1 aromatic rings. The van der Waals surface area contributed by atoms with E-state index in [1.165, 1.54) is 16.4 Å². The van der Waals surface area contributed by atoms with Crippen molar-refractivity contribution in [2.45, 2.75) is 4.90 Å². The smallest absolute Gasteiger partial charge is 0.240 e. The molecule has 1 aromatic carbocycles. The van der Waals surface area contributed by atoms with Crippen molar-refractivity contribution in [3.05, 3.63) is 30.3 Å². The minimum absolute atomic E-state index is 0.131. The van der Waals surface area contributed by atoms with Gasteiger partial charge in [-0.3, -0.25) is 0 Å². The van der Waals surface area contributed by atoms with E-state index in [9.17, 15) is 16.8 Å². The summed E-state index contributed by atoms with van der Waals surface area (Å²) in [7, 11) is -5.15. The summed E-state index contributed by atoms with van der Waals surface area (Å²) in [4.78, 5) is 2.19. The normalized spacial score (nSPS) is 18.4. The fraction of sp³-hybridized carbons (Fsp3) is 0.538. The molecule has 7 nitrogen and oxygen atoms in total. The zero-order valence-corrected chi connectivity index (χ0v) is 14.1. The molecule has 22 heavy (non-hydrogen) atoms. The molecule has 1 aliphatic heterocycles.